The lowest BCUT2D eigenvalue weighted by Gasteiger charge is -2.05. The first kappa shape index (κ1) is 38.2. The number of carboxylic acids is 2. The van der Waals surface area contributed by atoms with Crippen LogP contribution in [0, 0.1) is 0 Å². The Kier molecular flexibility index (Phi) is 14.1. The second kappa shape index (κ2) is 19.5. The van der Waals surface area contributed by atoms with Crippen molar-refractivity contribution in [1.82, 2.24) is 20.4 Å². The van der Waals surface area contributed by atoms with Crippen molar-refractivity contribution >= 4 is 30.0 Å². The second-order valence-electron chi connectivity index (χ2n) is 13.0. The number of aromatic carboxylic acids is 1. The maximum absolute atomic E-state index is 12.5. The summed E-state index contributed by atoms with van der Waals surface area (Å²) >= 11 is 0. The zero-order valence-corrected chi connectivity index (χ0v) is 30.0. The number of unbranched alkanes of at least 4 members (excludes halogenated alkanes) is 9. The normalized spacial score (nSPS) is 11.4. The van der Waals surface area contributed by atoms with Crippen LogP contribution in [0.2, 0.25) is 0 Å². The van der Waals surface area contributed by atoms with Gasteiger partial charge in [0.1, 0.15) is 11.5 Å². The molecule has 53 heavy (non-hydrogen) atoms. The number of aromatic nitrogens is 3. The summed E-state index contributed by atoms with van der Waals surface area (Å²) in [6.07, 6.45) is 18.6. The van der Waals surface area contributed by atoms with E-state index in [2.05, 4.69) is 22.4 Å². The molecular formula is C43H46N4O6. The first-order valence-electron chi connectivity index (χ1n) is 18.3. The van der Waals surface area contributed by atoms with Gasteiger partial charge in [0.05, 0.1) is 11.4 Å². The van der Waals surface area contributed by atoms with Gasteiger partial charge in [0, 0.05) is 47.0 Å². The molecule has 10 heteroatoms. The minimum Gasteiger partial charge on any atom is -0.478 e. The van der Waals surface area contributed by atoms with Crippen LogP contribution in [-0.4, -0.2) is 49.7 Å². The van der Waals surface area contributed by atoms with Crippen molar-refractivity contribution in [2.45, 2.75) is 71.1 Å². The van der Waals surface area contributed by atoms with Gasteiger partial charge in [-0.05, 0) is 29.7 Å². The van der Waals surface area contributed by atoms with Gasteiger partial charge in [0.25, 0.3) is 0 Å². The van der Waals surface area contributed by atoms with Gasteiger partial charge >= 0.3 is 11.9 Å². The van der Waals surface area contributed by atoms with Gasteiger partial charge in [-0.25, -0.2) is 14.6 Å². The monoisotopic (exact) mass is 714 g/mol. The Morgan fingerprint density at radius 3 is 1.83 bits per heavy atom. The van der Waals surface area contributed by atoms with Crippen molar-refractivity contribution in [2.75, 3.05) is 6.54 Å². The molecule has 0 aliphatic carbocycles. The standard InChI is InChI=1S/C43H46N4O6/c1-2-3-4-5-6-7-8-9-10-11-28-44-38(48)26-16-30-12-18-33(19-13-30)40-41(34-20-14-31(15-21-34)17-27-39(49)50)46-42(45-40)35-24-22-32(23-25-35)36-29-37(43(51)52)53-47-36/h12-27,29H,2-11,28H2,1H3,(H,44,48)(H,45,46)(H,49,50)(H,51,52)/b26-16+,27-17+. The van der Waals surface area contributed by atoms with E-state index in [1.54, 1.807) is 12.2 Å². The maximum Gasteiger partial charge on any atom is 0.374 e. The zero-order chi connectivity index (χ0) is 37.4. The summed E-state index contributed by atoms with van der Waals surface area (Å²) in [4.78, 5) is 43.1. The number of imidazole rings is 1. The van der Waals surface area contributed by atoms with Crippen LogP contribution in [0.25, 0.3) is 57.3 Å². The number of H-pyrrole nitrogens is 1. The van der Waals surface area contributed by atoms with Crippen LogP contribution in [-0.2, 0) is 9.59 Å². The van der Waals surface area contributed by atoms with Crippen LogP contribution in [0.4, 0.5) is 0 Å². The molecule has 0 saturated carbocycles. The highest BCUT2D eigenvalue weighted by Gasteiger charge is 2.17. The Morgan fingerprint density at radius 1 is 0.698 bits per heavy atom. The van der Waals surface area contributed by atoms with Crippen molar-refractivity contribution in [3.05, 3.63) is 108 Å². The fraction of sp³-hybridized carbons (Fsp3) is 0.279. The van der Waals surface area contributed by atoms with E-state index in [-0.39, 0.29) is 11.7 Å². The summed E-state index contributed by atoms with van der Waals surface area (Å²) < 4.78 is 4.90. The van der Waals surface area contributed by atoms with E-state index in [1.807, 2.05) is 72.8 Å². The highest BCUT2D eigenvalue weighted by molar-refractivity contribution is 5.92. The Bertz CT molecular complexity index is 2000. The van der Waals surface area contributed by atoms with Crippen molar-refractivity contribution < 1.29 is 29.1 Å². The van der Waals surface area contributed by atoms with Gasteiger partial charge in [0.2, 0.25) is 11.7 Å². The number of carbonyl (C=O) groups is 3. The molecule has 10 nitrogen and oxygen atoms in total. The molecule has 0 unspecified atom stereocenters. The summed E-state index contributed by atoms with van der Waals surface area (Å²) in [5.74, 6) is -1.94. The van der Waals surface area contributed by atoms with Crippen LogP contribution < -0.4 is 5.32 Å². The van der Waals surface area contributed by atoms with Crippen LogP contribution in [0.1, 0.15) is 92.8 Å². The number of nitrogens with zero attached hydrogens (tertiary/aromatic N) is 2. The summed E-state index contributed by atoms with van der Waals surface area (Å²) in [5.41, 5.74) is 6.73. The van der Waals surface area contributed by atoms with Gasteiger partial charge in [-0.15, -0.1) is 0 Å². The average molecular weight is 715 g/mol. The van der Waals surface area contributed by atoms with E-state index in [0.29, 0.717) is 29.3 Å². The Hall–Kier alpha value is -6.03. The van der Waals surface area contributed by atoms with Crippen LogP contribution in [0.5, 0.6) is 0 Å². The third-order valence-electron chi connectivity index (χ3n) is 8.94. The summed E-state index contributed by atoms with van der Waals surface area (Å²) in [5, 5.41) is 25.0. The lowest BCUT2D eigenvalue weighted by Crippen LogP contribution is -2.21. The molecule has 2 aromatic heterocycles. The Labute approximate surface area is 309 Å². The van der Waals surface area contributed by atoms with Crippen LogP contribution in [0.15, 0.2) is 95.5 Å². The van der Waals surface area contributed by atoms with Crippen molar-refractivity contribution in [1.29, 1.82) is 0 Å². The van der Waals surface area contributed by atoms with Crippen molar-refractivity contribution in [2.24, 2.45) is 0 Å². The molecule has 0 spiro atoms. The number of carboxylic acid groups (broad SMARTS) is 2. The number of benzene rings is 3. The van der Waals surface area contributed by atoms with Gasteiger partial charge in [-0.2, -0.15) is 0 Å². The number of aliphatic carboxylic acids is 1. The van der Waals surface area contributed by atoms with E-state index in [0.717, 1.165) is 52.4 Å². The summed E-state index contributed by atoms with van der Waals surface area (Å²) in [6.45, 7) is 2.92. The summed E-state index contributed by atoms with van der Waals surface area (Å²) in [7, 11) is 0. The highest BCUT2D eigenvalue weighted by atomic mass is 16.5. The lowest BCUT2D eigenvalue weighted by molar-refractivity contribution is -0.131. The molecule has 0 saturated heterocycles. The molecule has 1 amide bonds. The van der Waals surface area contributed by atoms with Crippen LogP contribution >= 0.6 is 0 Å². The van der Waals surface area contributed by atoms with Crippen molar-refractivity contribution in [3.8, 4) is 45.2 Å². The number of aromatic amines is 1. The topological polar surface area (TPSA) is 158 Å². The molecule has 4 N–H and O–H groups in total. The fourth-order valence-corrected chi connectivity index (χ4v) is 5.97. The zero-order valence-electron chi connectivity index (χ0n) is 30.0. The van der Waals surface area contributed by atoms with E-state index in [1.165, 1.54) is 63.5 Å². The molecule has 5 rings (SSSR count). The minimum atomic E-state index is -1.19. The minimum absolute atomic E-state index is 0.109. The molecule has 2 heterocycles. The number of amides is 1. The van der Waals surface area contributed by atoms with E-state index in [9.17, 15) is 19.5 Å². The molecule has 0 atom stereocenters. The second-order valence-corrected chi connectivity index (χ2v) is 13.0. The quantitative estimate of drug-likeness (QED) is 0.0458. The van der Waals surface area contributed by atoms with E-state index in [4.69, 9.17) is 14.6 Å². The number of carbonyl (C=O) groups excluding carboxylic acids is 1. The largest absolute Gasteiger partial charge is 0.478 e. The molecule has 3 aromatic carbocycles. The molecule has 5 aromatic rings. The molecule has 0 fully saturated rings. The molecule has 0 aliphatic heterocycles. The van der Waals surface area contributed by atoms with Crippen LogP contribution in [0.3, 0.4) is 0 Å². The Morgan fingerprint density at radius 2 is 1.25 bits per heavy atom. The molecule has 0 aliphatic rings. The Balaban J connectivity index is 1.25. The predicted octanol–water partition coefficient (Wildman–Crippen LogP) is 9.91. The molecule has 0 radical (unpaired) electrons. The van der Waals surface area contributed by atoms with Gasteiger partial charge < -0.3 is 25.0 Å². The third-order valence-corrected chi connectivity index (χ3v) is 8.94. The first-order valence-corrected chi connectivity index (χ1v) is 18.3. The molecule has 274 valence electrons. The number of hydrogen-bond acceptors (Lipinski definition) is 6. The number of hydrogen-bond donors (Lipinski definition) is 4. The fourth-order valence-electron chi connectivity index (χ4n) is 5.97. The SMILES string of the molecule is CCCCCCCCCCCCNC(=O)/C=C/c1ccc(-c2nc(-c3ccc(-c4cc(C(=O)O)on4)cc3)[nH]c2-c2ccc(/C=C/C(=O)O)cc2)cc1. The first-order chi connectivity index (χ1) is 25.8. The molecular weight excluding hydrogens is 668 g/mol. The van der Waals surface area contributed by atoms with E-state index >= 15 is 0 Å². The number of nitrogens with one attached hydrogen (secondary N) is 2. The van der Waals surface area contributed by atoms with Gasteiger partial charge in [-0.1, -0.05) is 143 Å². The van der Waals surface area contributed by atoms with Crippen molar-refractivity contribution in [3.63, 3.8) is 0 Å². The lowest BCUT2D eigenvalue weighted by atomic mass is 10.0. The number of rotatable bonds is 20. The van der Waals surface area contributed by atoms with Gasteiger partial charge in [0.15, 0.2) is 0 Å². The average Bonchev–Trinajstić information content (AvgIpc) is 3.85. The van der Waals surface area contributed by atoms with Gasteiger partial charge in [-0.3, -0.25) is 4.79 Å². The molecule has 0 bridgehead atoms. The third kappa shape index (κ3) is 11.5. The summed E-state index contributed by atoms with van der Waals surface area (Å²) in [6, 6.07) is 24.0. The van der Waals surface area contributed by atoms with E-state index < -0.39 is 11.9 Å². The predicted molar refractivity (Wildman–Crippen MR) is 208 cm³/mol. The highest BCUT2D eigenvalue weighted by Crippen LogP contribution is 2.34. The smallest absolute Gasteiger partial charge is 0.374 e. The maximum atomic E-state index is 12.5.